The third-order valence-electron chi connectivity index (χ3n) is 2.36. The Morgan fingerprint density at radius 1 is 1.71 bits per heavy atom. The van der Waals surface area contributed by atoms with Crippen molar-refractivity contribution in [1.82, 2.24) is 5.32 Å². The first-order valence-corrected chi connectivity index (χ1v) is 4.71. The molecule has 0 aromatic heterocycles. The zero-order valence-corrected chi connectivity index (χ0v) is 8.45. The van der Waals surface area contributed by atoms with Gasteiger partial charge in [-0.3, -0.25) is 9.59 Å². The molecule has 1 aliphatic rings. The smallest absolute Gasteiger partial charge is 0.302 e. The number of esters is 1. The lowest BCUT2D eigenvalue weighted by Crippen LogP contribution is -2.63. The van der Waals surface area contributed by atoms with E-state index in [2.05, 4.69) is 5.32 Å². The molecule has 3 atom stereocenters. The summed E-state index contributed by atoms with van der Waals surface area (Å²) in [5.41, 5.74) is 5.64. The molecule has 0 aliphatic carbocycles. The second-order valence-electron chi connectivity index (χ2n) is 3.63. The summed E-state index contributed by atoms with van der Waals surface area (Å²) in [6, 6.07) is -0.0899. The average Bonchev–Trinajstić information content (AvgIpc) is 2.00. The molecule has 3 N–H and O–H groups in total. The van der Waals surface area contributed by atoms with Crippen LogP contribution in [-0.4, -0.2) is 30.6 Å². The Labute approximate surface area is 83.0 Å². The van der Waals surface area contributed by atoms with Crippen LogP contribution in [0.4, 0.5) is 0 Å². The molecule has 1 fully saturated rings. The van der Waals surface area contributed by atoms with E-state index < -0.39 is 0 Å². The fraction of sp³-hybridized carbons (Fsp3) is 0.778. The van der Waals surface area contributed by atoms with Crippen LogP contribution in [0.5, 0.6) is 0 Å². The largest absolute Gasteiger partial charge is 0.466 e. The van der Waals surface area contributed by atoms with Gasteiger partial charge in [-0.1, -0.05) is 0 Å². The predicted molar refractivity (Wildman–Crippen MR) is 50.3 cm³/mol. The Kier molecular flexibility index (Phi) is 3.46. The van der Waals surface area contributed by atoms with Crippen LogP contribution < -0.4 is 11.1 Å². The molecule has 1 heterocycles. The zero-order valence-electron chi connectivity index (χ0n) is 8.45. The normalized spacial score (nSPS) is 27.5. The summed E-state index contributed by atoms with van der Waals surface area (Å²) < 4.78 is 4.78. The van der Waals surface area contributed by atoms with Crippen LogP contribution in [0.25, 0.3) is 0 Å². The molecule has 0 radical (unpaired) electrons. The van der Waals surface area contributed by atoms with Gasteiger partial charge in [-0.2, -0.15) is 0 Å². The van der Waals surface area contributed by atoms with E-state index in [0.29, 0.717) is 13.0 Å². The highest BCUT2D eigenvalue weighted by molar-refractivity contribution is 5.86. The van der Waals surface area contributed by atoms with Crippen molar-refractivity contribution < 1.29 is 14.3 Å². The van der Waals surface area contributed by atoms with Gasteiger partial charge in [-0.25, -0.2) is 0 Å². The lowest BCUT2D eigenvalue weighted by molar-refractivity contribution is -0.142. The summed E-state index contributed by atoms with van der Waals surface area (Å²) in [6.07, 6.45) is 0.636. The maximum absolute atomic E-state index is 11.1. The molecule has 14 heavy (non-hydrogen) atoms. The van der Waals surface area contributed by atoms with E-state index in [9.17, 15) is 9.59 Å². The summed E-state index contributed by atoms with van der Waals surface area (Å²) in [5, 5.41) is 2.74. The highest BCUT2D eigenvalue weighted by Crippen LogP contribution is 2.20. The SMILES string of the molecule is CC(=O)OCC[C@@H]1NC(=O)[C@H]1C(C)N. The van der Waals surface area contributed by atoms with Gasteiger partial charge in [0.25, 0.3) is 0 Å². The lowest BCUT2D eigenvalue weighted by Gasteiger charge is -2.38. The standard InChI is InChI=1S/C9H16N2O3/c1-5(10)8-7(11-9(8)13)3-4-14-6(2)12/h5,7-8H,3-4,10H2,1-2H3,(H,11,13)/t5?,7-,8-/m0/s1. The van der Waals surface area contributed by atoms with Crippen molar-refractivity contribution in [2.45, 2.75) is 32.4 Å². The van der Waals surface area contributed by atoms with Crippen molar-refractivity contribution in [3.05, 3.63) is 0 Å². The number of hydrogen-bond acceptors (Lipinski definition) is 4. The number of nitrogens with one attached hydrogen (secondary N) is 1. The van der Waals surface area contributed by atoms with Crippen LogP contribution >= 0.6 is 0 Å². The quantitative estimate of drug-likeness (QED) is 0.469. The van der Waals surface area contributed by atoms with Crippen LogP contribution in [0.15, 0.2) is 0 Å². The Bertz CT molecular complexity index is 240. The number of ether oxygens (including phenoxy) is 1. The maximum atomic E-state index is 11.1. The van der Waals surface area contributed by atoms with Gasteiger partial charge in [-0.15, -0.1) is 0 Å². The molecule has 80 valence electrons. The second kappa shape index (κ2) is 4.41. The Morgan fingerprint density at radius 3 is 2.79 bits per heavy atom. The highest BCUT2D eigenvalue weighted by Gasteiger charge is 2.41. The summed E-state index contributed by atoms with van der Waals surface area (Å²) in [7, 11) is 0. The van der Waals surface area contributed by atoms with Gasteiger partial charge >= 0.3 is 5.97 Å². The summed E-state index contributed by atoms with van der Waals surface area (Å²) in [5.74, 6) is -0.439. The number of hydrogen-bond donors (Lipinski definition) is 2. The monoisotopic (exact) mass is 200 g/mol. The minimum absolute atomic E-state index is 0.00664. The van der Waals surface area contributed by atoms with Gasteiger partial charge in [0.1, 0.15) is 0 Å². The van der Waals surface area contributed by atoms with E-state index in [4.69, 9.17) is 10.5 Å². The molecule has 0 aromatic rings. The van der Waals surface area contributed by atoms with Gasteiger partial charge in [0, 0.05) is 25.4 Å². The number of carbonyl (C=O) groups is 2. The van der Waals surface area contributed by atoms with E-state index in [1.54, 1.807) is 0 Å². The molecule has 5 nitrogen and oxygen atoms in total. The molecule has 1 unspecified atom stereocenters. The molecular formula is C9H16N2O3. The average molecular weight is 200 g/mol. The van der Waals surface area contributed by atoms with Crippen LogP contribution in [0, 0.1) is 5.92 Å². The number of nitrogens with two attached hydrogens (primary N) is 1. The molecule has 1 saturated heterocycles. The first kappa shape index (κ1) is 11.0. The number of β-lactam (4-membered cyclic amide) rings is 1. The Balaban J connectivity index is 2.26. The summed E-state index contributed by atoms with van der Waals surface area (Å²) in [4.78, 5) is 21.6. The molecule has 5 heteroatoms. The molecule has 1 amide bonds. The van der Waals surface area contributed by atoms with Gasteiger partial charge in [0.05, 0.1) is 12.5 Å². The van der Waals surface area contributed by atoms with E-state index in [1.165, 1.54) is 6.92 Å². The third kappa shape index (κ3) is 2.45. The molecule has 0 bridgehead atoms. The lowest BCUT2D eigenvalue weighted by atomic mass is 9.83. The van der Waals surface area contributed by atoms with Crippen molar-refractivity contribution in [1.29, 1.82) is 0 Å². The van der Waals surface area contributed by atoms with E-state index in [-0.39, 0.29) is 29.9 Å². The maximum Gasteiger partial charge on any atom is 0.302 e. The fourth-order valence-corrected chi connectivity index (χ4v) is 1.64. The molecule has 0 spiro atoms. The molecule has 0 aromatic carbocycles. The minimum Gasteiger partial charge on any atom is -0.466 e. The van der Waals surface area contributed by atoms with Crippen molar-refractivity contribution >= 4 is 11.9 Å². The molecular weight excluding hydrogens is 184 g/mol. The van der Waals surface area contributed by atoms with Crippen molar-refractivity contribution in [3.63, 3.8) is 0 Å². The van der Waals surface area contributed by atoms with E-state index >= 15 is 0 Å². The first-order chi connectivity index (χ1) is 6.52. The Morgan fingerprint density at radius 2 is 2.36 bits per heavy atom. The van der Waals surface area contributed by atoms with Crippen LogP contribution in [0.1, 0.15) is 20.3 Å². The number of amides is 1. The Hall–Kier alpha value is -1.10. The van der Waals surface area contributed by atoms with Crippen molar-refractivity contribution in [2.24, 2.45) is 11.7 Å². The van der Waals surface area contributed by atoms with Gasteiger partial charge in [-0.05, 0) is 6.92 Å². The van der Waals surface area contributed by atoms with Crippen LogP contribution in [0.2, 0.25) is 0 Å². The van der Waals surface area contributed by atoms with Gasteiger partial charge in [0.15, 0.2) is 0 Å². The second-order valence-corrected chi connectivity index (χ2v) is 3.63. The van der Waals surface area contributed by atoms with Crippen LogP contribution in [-0.2, 0) is 14.3 Å². The summed E-state index contributed by atoms with van der Waals surface area (Å²) in [6.45, 7) is 3.51. The van der Waals surface area contributed by atoms with E-state index in [0.717, 1.165) is 0 Å². The zero-order chi connectivity index (χ0) is 10.7. The molecule has 1 rings (SSSR count). The van der Waals surface area contributed by atoms with Crippen LogP contribution in [0.3, 0.4) is 0 Å². The third-order valence-corrected chi connectivity index (χ3v) is 2.36. The minimum atomic E-state index is -0.298. The van der Waals surface area contributed by atoms with Gasteiger partial charge < -0.3 is 15.8 Å². The van der Waals surface area contributed by atoms with Crippen molar-refractivity contribution in [3.8, 4) is 0 Å². The van der Waals surface area contributed by atoms with E-state index in [1.807, 2.05) is 6.92 Å². The molecule has 0 saturated carbocycles. The number of rotatable bonds is 4. The van der Waals surface area contributed by atoms with Gasteiger partial charge in [0.2, 0.25) is 5.91 Å². The first-order valence-electron chi connectivity index (χ1n) is 4.71. The fourth-order valence-electron chi connectivity index (χ4n) is 1.64. The van der Waals surface area contributed by atoms with Crippen molar-refractivity contribution in [2.75, 3.05) is 6.61 Å². The molecule has 1 aliphatic heterocycles. The topological polar surface area (TPSA) is 81.4 Å². The predicted octanol–water partition coefficient (Wildman–Crippen LogP) is -0.599. The number of carbonyl (C=O) groups excluding carboxylic acids is 2. The highest BCUT2D eigenvalue weighted by atomic mass is 16.5. The summed E-state index contributed by atoms with van der Waals surface area (Å²) >= 11 is 0.